The number of hydrogen-bond donors (Lipinski definition) is 1. The van der Waals surface area contributed by atoms with Crippen molar-refractivity contribution < 1.29 is 13.9 Å². The van der Waals surface area contributed by atoms with Crippen molar-refractivity contribution >= 4 is 23.2 Å². The van der Waals surface area contributed by atoms with E-state index in [0.717, 1.165) is 18.2 Å². The van der Waals surface area contributed by atoms with E-state index in [1.165, 1.54) is 6.07 Å². The molecule has 0 aliphatic rings. The second kappa shape index (κ2) is 5.87. The minimum atomic E-state index is -0.980. The second-order valence-corrected chi connectivity index (χ2v) is 4.94. The molecule has 0 radical (unpaired) electrons. The highest BCUT2D eigenvalue weighted by molar-refractivity contribution is 6.42. The number of aliphatic hydroxyl groups excluding tert-OH is 1. The average Bonchev–Trinajstić information content (AvgIpc) is 2.37. The van der Waals surface area contributed by atoms with Crippen LogP contribution < -0.4 is 0 Å². The lowest BCUT2D eigenvalue weighted by molar-refractivity contribution is 0.177. The number of aliphatic hydroxyl groups is 1. The molecule has 5 heteroatoms. The molecule has 19 heavy (non-hydrogen) atoms. The molecule has 1 nitrogen and oxygen atoms in total. The summed E-state index contributed by atoms with van der Waals surface area (Å²) in [5.74, 6) is -1.10. The van der Waals surface area contributed by atoms with Gasteiger partial charge in [-0.2, -0.15) is 0 Å². The maximum absolute atomic E-state index is 13.5. The quantitative estimate of drug-likeness (QED) is 0.882. The smallest absolute Gasteiger partial charge is 0.126 e. The fraction of sp³-hybridized carbons (Fsp3) is 0.143. The Kier molecular flexibility index (Phi) is 4.40. The molecular weight excluding hydrogens is 293 g/mol. The number of halogens is 4. The van der Waals surface area contributed by atoms with E-state index >= 15 is 0 Å². The van der Waals surface area contributed by atoms with Gasteiger partial charge in [0.2, 0.25) is 0 Å². The average molecular weight is 303 g/mol. The summed E-state index contributed by atoms with van der Waals surface area (Å²) in [6.07, 6.45) is -1.02. The standard InChI is InChI=1S/C14H10Cl2F2O/c15-11-3-1-8(6-12(11)16)14(19)7-9-5-10(17)2-4-13(9)18/h1-6,14,19H,7H2. The van der Waals surface area contributed by atoms with Gasteiger partial charge in [-0.25, -0.2) is 8.78 Å². The Morgan fingerprint density at radius 1 is 1.00 bits per heavy atom. The third-order valence-corrected chi connectivity index (χ3v) is 3.49. The third-order valence-electron chi connectivity index (χ3n) is 2.75. The van der Waals surface area contributed by atoms with Crippen molar-refractivity contribution in [2.75, 3.05) is 0 Å². The Bertz CT molecular complexity index is 602. The van der Waals surface area contributed by atoms with E-state index in [1.807, 2.05) is 0 Å². The molecule has 0 saturated carbocycles. The largest absolute Gasteiger partial charge is 0.388 e. The predicted molar refractivity (Wildman–Crippen MR) is 71.5 cm³/mol. The lowest BCUT2D eigenvalue weighted by atomic mass is 10.0. The van der Waals surface area contributed by atoms with Crippen LogP contribution in [0, 0.1) is 11.6 Å². The van der Waals surface area contributed by atoms with Gasteiger partial charge in [0, 0.05) is 6.42 Å². The Balaban J connectivity index is 2.22. The van der Waals surface area contributed by atoms with Gasteiger partial charge >= 0.3 is 0 Å². The Morgan fingerprint density at radius 2 is 1.74 bits per heavy atom. The van der Waals surface area contributed by atoms with Crippen LogP contribution in [0.3, 0.4) is 0 Å². The van der Waals surface area contributed by atoms with E-state index in [-0.39, 0.29) is 12.0 Å². The van der Waals surface area contributed by atoms with Crippen LogP contribution in [0.5, 0.6) is 0 Å². The molecule has 2 aromatic carbocycles. The summed E-state index contributed by atoms with van der Waals surface area (Å²) in [4.78, 5) is 0. The first kappa shape index (κ1) is 14.3. The van der Waals surface area contributed by atoms with Crippen LogP contribution in [0.4, 0.5) is 8.78 Å². The van der Waals surface area contributed by atoms with Gasteiger partial charge in [0.15, 0.2) is 0 Å². The highest BCUT2D eigenvalue weighted by atomic mass is 35.5. The van der Waals surface area contributed by atoms with Crippen molar-refractivity contribution in [3.05, 3.63) is 69.2 Å². The predicted octanol–water partition coefficient (Wildman–Crippen LogP) is 4.55. The second-order valence-electron chi connectivity index (χ2n) is 4.13. The lowest BCUT2D eigenvalue weighted by Gasteiger charge is -2.12. The van der Waals surface area contributed by atoms with Crippen molar-refractivity contribution in [1.29, 1.82) is 0 Å². The summed E-state index contributed by atoms with van der Waals surface area (Å²) < 4.78 is 26.5. The normalized spacial score (nSPS) is 12.5. The minimum Gasteiger partial charge on any atom is -0.388 e. The molecule has 0 amide bonds. The molecule has 0 heterocycles. The topological polar surface area (TPSA) is 20.2 Å². The first-order valence-corrected chi connectivity index (χ1v) is 6.30. The fourth-order valence-corrected chi connectivity index (χ4v) is 2.05. The van der Waals surface area contributed by atoms with E-state index in [0.29, 0.717) is 15.6 Å². The van der Waals surface area contributed by atoms with Gasteiger partial charge in [-0.3, -0.25) is 0 Å². The summed E-state index contributed by atoms with van der Waals surface area (Å²) in [6, 6.07) is 7.78. The Hall–Kier alpha value is -1.16. The Morgan fingerprint density at radius 3 is 2.42 bits per heavy atom. The summed E-state index contributed by atoms with van der Waals surface area (Å²) in [5.41, 5.74) is 0.608. The van der Waals surface area contributed by atoms with Crippen LogP contribution in [0.1, 0.15) is 17.2 Å². The van der Waals surface area contributed by atoms with Crippen molar-refractivity contribution in [3.63, 3.8) is 0 Å². The van der Waals surface area contributed by atoms with Crippen molar-refractivity contribution in [2.45, 2.75) is 12.5 Å². The van der Waals surface area contributed by atoms with E-state index in [1.54, 1.807) is 12.1 Å². The molecule has 100 valence electrons. The van der Waals surface area contributed by atoms with E-state index < -0.39 is 17.7 Å². The van der Waals surface area contributed by atoms with Crippen LogP contribution in [0.15, 0.2) is 36.4 Å². The number of benzene rings is 2. The molecule has 1 atom stereocenters. The van der Waals surface area contributed by atoms with E-state index in [9.17, 15) is 13.9 Å². The molecule has 1 unspecified atom stereocenters. The maximum atomic E-state index is 13.5. The summed E-state index contributed by atoms with van der Waals surface area (Å²) in [6.45, 7) is 0. The molecule has 0 fully saturated rings. The van der Waals surface area contributed by atoms with Crippen molar-refractivity contribution in [3.8, 4) is 0 Å². The van der Waals surface area contributed by atoms with Gasteiger partial charge < -0.3 is 5.11 Å². The first-order chi connectivity index (χ1) is 8.97. The highest BCUT2D eigenvalue weighted by Gasteiger charge is 2.13. The van der Waals surface area contributed by atoms with Crippen LogP contribution in [-0.4, -0.2) is 5.11 Å². The zero-order valence-electron chi connectivity index (χ0n) is 9.71. The van der Waals surface area contributed by atoms with E-state index in [2.05, 4.69) is 0 Å². The van der Waals surface area contributed by atoms with Gasteiger partial charge in [0.1, 0.15) is 11.6 Å². The van der Waals surface area contributed by atoms with Gasteiger partial charge in [0.25, 0.3) is 0 Å². The third kappa shape index (κ3) is 3.44. The molecule has 0 aliphatic heterocycles. The van der Waals surface area contributed by atoms with Crippen molar-refractivity contribution in [1.82, 2.24) is 0 Å². The fourth-order valence-electron chi connectivity index (χ4n) is 1.75. The lowest BCUT2D eigenvalue weighted by Crippen LogP contribution is -2.04. The maximum Gasteiger partial charge on any atom is 0.126 e. The first-order valence-electron chi connectivity index (χ1n) is 5.54. The van der Waals surface area contributed by atoms with Gasteiger partial charge in [-0.1, -0.05) is 29.3 Å². The van der Waals surface area contributed by atoms with Crippen LogP contribution >= 0.6 is 23.2 Å². The van der Waals surface area contributed by atoms with Crippen LogP contribution in [-0.2, 0) is 6.42 Å². The van der Waals surface area contributed by atoms with Gasteiger partial charge in [-0.15, -0.1) is 0 Å². The molecular formula is C14H10Cl2F2O. The van der Waals surface area contributed by atoms with Crippen LogP contribution in [0.2, 0.25) is 10.0 Å². The van der Waals surface area contributed by atoms with Crippen LogP contribution in [0.25, 0.3) is 0 Å². The highest BCUT2D eigenvalue weighted by Crippen LogP contribution is 2.27. The summed E-state index contributed by atoms with van der Waals surface area (Å²) in [5, 5.41) is 10.7. The monoisotopic (exact) mass is 302 g/mol. The zero-order chi connectivity index (χ0) is 14.0. The van der Waals surface area contributed by atoms with E-state index in [4.69, 9.17) is 23.2 Å². The minimum absolute atomic E-state index is 0.0401. The SMILES string of the molecule is OC(Cc1cc(F)ccc1F)c1ccc(Cl)c(Cl)c1. The molecule has 2 rings (SSSR count). The molecule has 2 aromatic rings. The molecule has 0 saturated heterocycles. The molecule has 0 aliphatic carbocycles. The summed E-state index contributed by atoms with van der Waals surface area (Å²) >= 11 is 11.6. The molecule has 0 bridgehead atoms. The Labute approximate surface area is 119 Å². The molecule has 1 N–H and O–H groups in total. The number of hydrogen-bond acceptors (Lipinski definition) is 1. The van der Waals surface area contributed by atoms with Gasteiger partial charge in [-0.05, 0) is 41.5 Å². The van der Waals surface area contributed by atoms with Gasteiger partial charge in [0.05, 0.1) is 16.1 Å². The van der Waals surface area contributed by atoms with Crippen molar-refractivity contribution in [2.24, 2.45) is 0 Å². The number of rotatable bonds is 3. The molecule has 0 aromatic heterocycles. The summed E-state index contributed by atoms with van der Waals surface area (Å²) in [7, 11) is 0. The zero-order valence-corrected chi connectivity index (χ0v) is 11.2. The molecule has 0 spiro atoms.